The highest BCUT2D eigenvalue weighted by atomic mass is 16.5. The second-order valence-corrected chi connectivity index (χ2v) is 3.25. The van der Waals surface area contributed by atoms with Crippen molar-refractivity contribution in [3.05, 3.63) is 35.4 Å². The lowest BCUT2D eigenvalue weighted by atomic mass is 9.89. The van der Waals surface area contributed by atoms with E-state index in [4.69, 9.17) is 6.11 Å². The largest absolute Gasteiger partial charge is 0.377 e. The Labute approximate surface area is 74.8 Å². The van der Waals surface area contributed by atoms with Gasteiger partial charge < -0.3 is 4.74 Å². The van der Waals surface area contributed by atoms with Crippen LogP contribution in [-0.2, 0) is 11.2 Å². The fourth-order valence-electron chi connectivity index (χ4n) is 1.88. The Hall–Kier alpha value is -0.820. The number of rotatable bonds is 1. The van der Waals surface area contributed by atoms with Crippen molar-refractivity contribution in [2.24, 2.45) is 0 Å². The zero-order chi connectivity index (χ0) is 9.10. The number of methoxy groups -OCH3 is 1. The highest BCUT2D eigenvalue weighted by molar-refractivity contribution is 5.31. The van der Waals surface area contributed by atoms with E-state index in [1.165, 1.54) is 17.5 Å². The predicted octanol–water partition coefficient (Wildman–Crippen LogP) is 2.71. The molecule has 1 atom stereocenters. The number of hydrogen-bond donors (Lipinski definition) is 0. The summed E-state index contributed by atoms with van der Waals surface area (Å²) in [5.74, 6) is 0. The van der Waals surface area contributed by atoms with Gasteiger partial charge in [0.05, 0.1) is 7.47 Å². The number of hydrogen-bond acceptors (Lipinski definition) is 1. The van der Waals surface area contributed by atoms with Crippen LogP contribution in [0.1, 0.15) is 31.4 Å². The van der Waals surface area contributed by atoms with Crippen molar-refractivity contribution in [2.45, 2.75) is 25.4 Å². The summed E-state index contributed by atoms with van der Waals surface area (Å²) in [5, 5.41) is 0. The molecule has 2 rings (SSSR count). The molecule has 0 aromatic heterocycles. The maximum absolute atomic E-state index is 7.06. The molecular weight excluding hydrogens is 148 g/mol. The van der Waals surface area contributed by atoms with Gasteiger partial charge >= 0.3 is 0 Å². The molecule has 1 heteroatoms. The number of ether oxygens (including phenoxy) is 1. The van der Waals surface area contributed by atoms with E-state index in [1.807, 2.05) is 6.07 Å². The van der Waals surface area contributed by atoms with E-state index in [-0.39, 0.29) is 13.2 Å². The Morgan fingerprint density at radius 3 is 3.33 bits per heavy atom. The van der Waals surface area contributed by atoms with Crippen LogP contribution in [0.15, 0.2) is 24.3 Å². The smallest absolute Gasteiger partial charge is 0.0823 e. The van der Waals surface area contributed by atoms with E-state index in [0.717, 1.165) is 12.8 Å². The van der Waals surface area contributed by atoms with Gasteiger partial charge in [0.15, 0.2) is 0 Å². The van der Waals surface area contributed by atoms with Gasteiger partial charge in [-0.1, -0.05) is 24.3 Å². The molecule has 0 radical (unpaired) electrons. The van der Waals surface area contributed by atoms with E-state index in [1.54, 1.807) is 0 Å². The minimum Gasteiger partial charge on any atom is -0.377 e. The molecule has 0 aliphatic heterocycles. The third kappa shape index (κ3) is 1.25. The minimum atomic E-state index is 0.0685. The Kier molecular flexibility index (Phi) is 1.82. The Balaban J connectivity index is 2.26. The monoisotopic (exact) mass is 163 g/mol. The second-order valence-electron chi connectivity index (χ2n) is 3.25. The van der Waals surface area contributed by atoms with Crippen LogP contribution in [-0.4, -0.2) is 7.09 Å². The molecule has 0 bridgehead atoms. The van der Waals surface area contributed by atoms with E-state index < -0.39 is 0 Å². The Morgan fingerprint density at radius 1 is 1.50 bits per heavy atom. The summed E-state index contributed by atoms with van der Waals surface area (Å²) in [6.45, 7) is 0. The third-order valence-electron chi connectivity index (χ3n) is 2.52. The van der Waals surface area contributed by atoms with Crippen molar-refractivity contribution in [3.63, 3.8) is 0 Å². The molecule has 0 saturated heterocycles. The summed E-state index contributed by atoms with van der Waals surface area (Å²) < 4.78 is 12.4. The van der Waals surface area contributed by atoms with Gasteiger partial charge in [-0.2, -0.15) is 0 Å². The Morgan fingerprint density at radius 2 is 2.42 bits per heavy atom. The van der Waals surface area contributed by atoms with Gasteiger partial charge in [-0.25, -0.2) is 0 Å². The van der Waals surface area contributed by atoms with E-state index in [0.29, 0.717) is 0 Å². The van der Waals surface area contributed by atoms with Crippen LogP contribution >= 0.6 is 0 Å². The predicted molar refractivity (Wildman–Crippen MR) is 49.1 cm³/mol. The van der Waals surface area contributed by atoms with Crippen LogP contribution in [0.3, 0.4) is 0 Å². The topological polar surface area (TPSA) is 9.23 Å². The average Bonchev–Trinajstić information content (AvgIpc) is 2.19. The molecule has 1 aromatic carbocycles. The first-order valence-corrected chi connectivity index (χ1v) is 4.40. The summed E-state index contributed by atoms with van der Waals surface area (Å²) in [5.41, 5.74) is 2.69. The van der Waals surface area contributed by atoms with Crippen LogP contribution in [0.2, 0.25) is 0 Å². The van der Waals surface area contributed by atoms with E-state index in [9.17, 15) is 0 Å². The van der Waals surface area contributed by atoms with Crippen LogP contribution < -0.4 is 0 Å². The zero-order valence-corrected chi connectivity index (χ0v) is 7.12. The first-order valence-electron chi connectivity index (χ1n) is 5.11. The van der Waals surface area contributed by atoms with E-state index in [2.05, 4.69) is 18.2 Å². The summed E-state index contributed by atoms with van der Waals surface area (Å²) in [7, 11) is 0.0685. The van der Waals surface area contributed by atoms with Gasteiger partial charge in [0, 0.05) is 7.09 Å². The van der Waals surface area contributed by atoms with Crippen molar-refractivity contribution in [3.8, 4) is 0 Å². The molecule has 0 heterocycles. The average molecular weight is 163 g/mol. The summed E-state index contributed by atoms with van der Waals surface area (Å²) in [6, 6.07) is 8.40. The van der Waals surface area contributed by atoms with Gasteiger partial charge in [-0.05, 0) is 30.4 Å². The zero-order valence-electron chi connectivity index (χ0n) is 8.12. The minimum absolute atomic E-state index is 0.0685. The van der Waals surface area contributed by atoms with Crippen molar-refractivity contribution in [1.82, 2.24) is 0 Å². The second kappa shape index (κ2) is 3.28. The summed E-state index contributed by atoms with van der Waals surface area (Å²) in [4.78, 5) is 0. The quantitative estimate of drug-likeness (QED) is 0.618. The molecule has 12 heavy (non-hydrogen) atoms. The summed E-state index contributed by atoms with van der Waals surface area (Å²) >= 11 is 0. The van der Waals surface area contributed by atoms with Crippen molar-refractivity contribution >= 4 is 0 Å². The summed E-state index contributed by atoms with van der Waals surface area (Å²) in [6.07, 6.45) is 3.58. The molecule has 0 fully saturated rings. The van der Waals surface area contributed by atoms with E-state index >= 15 is 0 Å². The standard InChI is InChI=1S/C11H14O/c1-12-11-8-4-6-9-5-2-3-7-10(9)11/h2-3,5,7,11H,4,6,8H2,1H3/i1D. The van der Waals surface area contributed by atoms with Gasteiger partial charge in [0.2, 0.25) is 0 Å². The maximum Gasteiger partial charge on any atom is 0.0823 e. The maximum atomic E-state index is 7.06. The third-order valence-corrected chi connectivity index (χ3v) is 2.52. The lowest BCUT2D eigenvalue weighted by molar-refractivity contribution is 0.0881. The molecule has 0 saturated carbocycles. The molecular formula is C11H14O. The molecule has 1 aliphatic rings. The molecule has 64 valence electrons. The first-order chi connectivity index (χ1) is 6.42. The number of aryl methyl sites for hydroxylation is 1. The molecule has 0 N–H and O–H groups in total. The Bertz CT molecular complexity index is 285. The van der Waals surface area contributed by atoms with Crippen molar-refractivity contribution < 1.29 is 6.11 Å². The highest BCUT2D eigenvalue weighted by Crippen LogP contribution is 2.31. The van der Waals surface area contributed by atoms with Gasteiger partial charge in [0.25, 0.3) is 0 Å². The molecule has 1 nitrogen and oxygen atoms in total. The number of benzene rings is 1. The lowest BCUT2D eigenvalue weighted by Crippen LogP contribution is -2.10. The number of fused-ring (bicyclic) bond motifs is 1. The van der Waals surface area contributed by atoms with Gasteiger partial charge in [-0.3, -0.25) is 0 Å². The lowest BCUT2D eigenvalue weighted by Gasteiger charge is -2.23. The van der Waals surface area contributed by atoms with Gasteiger partial charge in [0.1, 0.15) is 0 Å². The fraction of sp³-hybridized carbons (Fsp3) is 0.455. The first kappa shape index (κ1) is 6.67. The molecule has 1 aliphatic carbocycles. The van der Waals surface area contributed by atoms with Crippen molar-refractivity contribution in [1.29, 1.82) is 0 Å². The van der Waals surface area contributed by atoms with Crippen LogP contribution in [0.4, 0.5) is 0 Å². The van der Waals surface area contributed by atoms with Crippen LogP contribution in [0, 0.1) is 0 Å². The SMILES string of the molecule is [2H]COC1CCCc2ccccc21. The fourth-order valence-corrected chi connectivity index (χ4v) is 1.88. The molecule has 1 unspecified atom stereocenters. The molecule has 0 amide bonds. The van der Waals surface area contributed by atoms with Crippen molar-refractivity contribution in [2.75, 3.05) is 7.09 Å². The van der Waals surface area contributed by atoms with Crippen LogP contribution in [0.5, 0.6) is 0 Å². The van der Waals surface area contributed by atoms with Crippen LogP contribution in [0.25, 0.3) is 0 Å². The molecule has 0 spiro atoms. The van der Waals surface area contributed by atoms with Gasteiger partial charge in [-0.15, -0.1) is 0 Å². The molecule has 1 aromatic rings. The normalized spacial score (nSPS) is 23.0. The highest BCUT2D eigenvalue weighted by Gasteiger charge is 2.18.